The van der Waals surface area contributed by atoms with Gasteiger partial charge in [-0.1, -0.05) is 39.5 Å². The van der Waals surface area contributed by atoms with Crippen LogP contribution >= 0.6 is 0 Å². The minimum Gasteiger partial charge on any atom is -0.314 e. The molecule has 0 bridgehead atoms. The molecule has 0 radical (unpaired) electrons. The first-order chi connectivity index (χ1) is 7.75. The highest BCUT2D eigenvalue weighted by atomic mass is 14.9. The van der Waals surface area contributed by atoms with Gasteiger partial charge in [0.05, 0.1) is 0 Å². The Morgan fingerprint density at radius 1 is 1.00 bits per heavy atom. The molecule has 0 aliphatic heterocycles. The van der Waals surface area contributed by atoms with E-state index in [1.54, 1.807) is 0 Å². The van der Waals surface area contributed by atoms with Gasteiger partial charge in [-0.05, 0) is 50.0 Å². The van der Waals surface area contributed by atoms with Crippen molar-refractivity contribution in [1.82, 2.24) is 5.32 Å². The first kappa shape index (κ1) is 12.4. The predicted octanol–water partition coefficient (Wildman–Crippen LogP) is 3.98. The van der Waals surface area contributed by atoms with E-state index in [2.05, 4.69) is 19.2 Å². The highest BCUT2D eigenvalue weighted by Crippen LogP contribution is 2.40. The molecular formula is C15H29N. The summed E-state index contributed by atoms with van der Waals surface area (Å²) < 4.78 is 0. The Hall–Kier alpha value is -0.0400. The van der Waals surface area contributed by atoms with Crippen LogP contribution in [0.5, 0.6) is 0 Å². The van der Waals surface area contributed by atoms with Gasteiger partial charge in [0.15, 0.2) is 0 Å². The van der Waals surface area contributed by atoms with E-state index in [0.29, 0.717) is 0 Å². The number of nitrogens with one attached hydrogen (secondary N) is 1. The second-order valence-corrected chi connectivity index (χ2v) is 6.45. The van der Waals surface area contributed by atoms with Crippen molar-refractivity contribution in [1.29, 1.82) is 0 Å². The van der Waals surface area contributed by atoms with Crippen LogP contribution in [0.25, 0.3) is 0 Å². The van der Waals surface area contributed by atoms with E-state index in [9.17, 15) is 0 Å². The van der Waals surface area contributed by atoms with Gasteiger partial charge in [-0.15, -0.1) is 0 Å². The molecule has 1 heteroatoms. The fourth-order valence-electron chi connectivity index (χ4n) is 3.63. The van der Waals surface area contributed by atoms with Gasteiger partial charge in [0.1, 0.15) is 0 Å². The molecule has 16 heavy (non-hydrogen) atoms. The molecule has 0 spiro atoms. The van der Waals surface area contributed by atoms with E-state index in [1.807, 2.05) is 0 Å². The third-order valence-electron chi connectivity index (χ3n) is 4.69. The molecule has 0 aromatic carbocycles. The van der Waals surface area contributed by atoms with Crippen molar-refractivity contribution in [3.8, 4) is 0 Å². The maximum Gasteiger partial charge on any atom is 0.00699 e. The molecule has 2 aliphatic carbocycles. The molecule has 1 N–H and O–H groups in total. The molecule has 94 valence electrons. The van der Waals surface area contributed by atoms with Crippen LogP contribution < -0.4 is 5.32 Å². The van der Waals surface area contributed by atoms with Crippen LogP contribution in [-0.4, -0.2) is 12.6 Å². The zero-order valence-electron chi connectivity index (χ0n) is 11.2. The Balaban J connectivity index is 1.68. The van der Waals surface area contributed by atoms with Gasteiger partial charge in [0, 0.05) is 6.04 Å². The first-order valence-corrected chi connectivity index (χ1v) is 7.49. The summed E-state index contributed by atoms with van der Waals surface area (Å²) >= 11 is 0. The van der Waals surface area contributed by atoms with Crippen LogP contribution in [0, 0.1) is 17.8 Å². The van der Waals surface area contributed by atoms with E-state index >= 15 is 0 Å². The van der Waals surface area contributed by atoms with Crippen LogP contribution in [-0.2, 0) is 0 Å². The molecule has 2 fully saturated rings. The molecular weight excluding hydrogens is 194 g/mol. The van der Waals surface area contributed by atoms with Crippen molar-refractivity contribution in [2.24, 2.45) is 17.8 Å². The van der Waals surface area contributed by atoms with E-state index in [-0.39, 0.29) is 0 Å². The molecule has 0 heterocycles. The van der Waals surface area contributed by atoms with E-state index in [4.69, 9.17) is 0 Å². The summed E-state index contributed by atoms with van der Waals surface area (Å²) in [4.78, 5) is 0. The Kier molecular flexibility index (Phi) is 4.69. The lowest BCUT2D eigenvalue weighted by atomic mass is 9.69. The minimum atomic E-state index is 0.845. The minimum absolute atomic E-state index is 0.845. The van der Waals surface area contributed by atoms with Crippen LogP contribution in [0.3, 0.4) is 0 Å². The molecule has 2 rings (SSSR count). The van der Waals surface area contributed by atoms with Gasteiger partial charge in [-0.2, -0.15) is 0 Å². The zero-order valence-corrected chi connectivity index (χ0v) is 11.2. The van der Waals surface area contributed by atoms with Crippen LogP contribution in [0.2, 0.25) is 0 Å². The van der Waals surface area contributed by atoms with Crippen molar-refractivity contribution in [3.05, 3.63) is 0 Å². The molecule has 2 saturated carbocycles. The summed E-state index contributed by atoms with van der Waals surface area (Å²) in [7, 11) is 0. The molecule has 0 saturated heterocycles. The van der Waals surface area contributed by atoms with Crippen molar-refractivity contribution in [2.45, 2.75) is 71.3 Å². The highest BCUT2D eigenvalue weighted by Gasteiger charge is 2.31. The van der Waals surface area contributed by atoms with Gasteiger partial charge in [-0.3, -0.25) is 0 Å². The normalized spacial score (nSPS) is 35.1. The topological polar surface area (TPSA) is 12.0 Å². The summed E-state index contributed by atoms with van der Waals surface area (Å²) in [6, 6.07) is 0.845. The van der Waals surface area contributed by atoms with Crippen LogP contribution in [0.4, 0.5) is 0 Å². The predicted molar refractivity (Wildman–Crippen MR) is 70.5 cm³/mol. The lowest BCUT2D eigenvalue weighted by molar-refractivity contribution is 0.143. The molecule has 2 aliphatic rings. The second-order valence-electron chi connectivity index (χ2n) is 6.45. The standard InChI is InChI=1S/C15H29N/c1-12(2)9-10-16-15-8-7-13-5-3-4-6-14(13)11-15/h12-16H,3-11H2,1-2H3. The molecule has 0 aromatic rings. The maximum atomic E-state index is 3.79. The Morgan fingerprint density at radius 3 is 2.50 bits per heavy atom. The quantitative estimate of drug-likeness (QED) is 0.760. The third kappa shape index (κ3) is 3.48. The lowest BCUT2D eigenvalue weighted by Crippen LogP contribution is -2.39. The third-order valence-corrected chi connectivity index (χ3v) is 4.69. The summed E-state index contributed by atoms with van der Waals surface area (Å²) in [5.41, 5.74) is 0. The number of hydrogen-bond donors (Lipinski definition) is 1. The van der Waals surface area contributed by atoms with Crippen molar-refractivity contribution in [3.63, 3.8) is 0 Å². The monoisotopic (exact) mass is 223 g/mol. The highest BCUT2D eigenvalue weighted by molar-refractivity contribution is 4.86. The van der Waals surface area contributed by atoms with Crippen molar-refractivity contribution in [2.75, 3.05) is 6.54 Å². The fraction of sp³-hybridized carbons (Fsp3) is 1.00. The van der Waals surface area contributed by atoms with Crippen molar-refractivity contribution >= 4 is 0 Å². The fourth-order valence-corrected chi connectivity index (χ4v) is 3.63. The number of hydrogen-bond acceptors (Lipinski definition) is 1. The van der Waals surface area contributed by atoms with E-state index in [0.717, 1.165) is 23.8 Å². The summed E-state index contributed by atoms with van der Waals surface area (Å²) in [5.74, 6) is 3.01. The summed E-state index contributed by atoms with van der Waals surface area (Å²) in [6.45, 7) is 5.87. The molecule has 1 nitrogen and oxygen atoms in total. The molecule has 0 aromatic heterocycles. The van der Waals surface area contributed by atoms with Gasteiger partial charge < -0.3 is 5.32 Å². The SMILES string of the molecule is CC(C)CCNC1CCC2CCCCC2C1. The molecule has 0 amide bonds. The summed E-state index contributed by atoms with van der Waals surface area (Å²) in [5, 5.41) is 3.79. The average molecular weight is 223 g/mol. The van der Waals surface area contributed by atoms with E-state index in [1.165, 1.54) is 57.9 Å². The molecule has 3 atom stereocenters. The Labute approximate surface area is 101 Å². The number of fused-ring (bicyclic) bond motifs is 1. The number of rotatable bonds is 4. The lowest BCUT2D eigenvalue weighted by Gasteiger charge is -2.39. The average Bonchev–Trinajstić information content (AvgIpc) is 2.28. The smallest absolute Gasteiger partial charge is 0.00699 e. The molecule has 3 unspecified atom stereocenters. The van der Waals surface area contributed by atoms with E-state index < -0.39 is 0 Å². The van der Waals surface area contributed by atoms with Crippen molar-refractivity contribution < 1.29 is 0 Å². The maximum absolute atomic E-state index is 3.79. The van der Waals surface area contributed by atoms with Crippen LogP contribution in [0.15, 0.2) is 0 Å². The summed E-state index contributed by atoms with van der Waals surface area (Å²) in [6.07, 6.45) is 11.8. The van der Waals surface area contributed by atoms with Gasteiger partial charge in [0.2, 0.25) is 0 Å². The van der Waals surface area contributed by atoms with Gasteiger partial charge >= 0.3 is 0 Å². The largest absolute Gasteiger partial charge is 0.314 e. The van der Waals surface area contributed by atoms with Gasteiger partial charge in [0.25, 0.3) is 0 Å². The first-order valence-electron chi connectivity index (χ1n) is 7.49. The second kappa shape index (κ2) is 6.05. The Morgan fingerprint density at radius 2 is 1.75 bits per heavy atom. The zero-order chi connectivity index (χ0) is 11.4. The van der Waals surface area contributed by atoms with Crippen LogP contribution in [0.1, 0.15) is 65.2 Å². The van der Waals surface area contributed by atoms with Gasteiger partial charge in [-0.25, -0.2) is 0 Å². The Bertz CT molecular complexity index is 200.